The number of hydrogen-bond acceptors (Lipinski definition) is 2. The Balaban J connectivity index is 2.12. The van der Waals surface area contributed by atoms with Crippen LogP contribution in [0.15, 0.2) is 0 Å². The summed E-state index contributed by atoms with van der Waals surface area (Å²) in [5.41, 5.74) is -0.468. The zero-order chi connectivity index (χ0) is 7.61. The number of hydrogen-bond donors (Lipinski definition) is 1. The van der Waals surface area contributed by atoms with Gasteiger partial charge in [-0.05, 0) is 18.8 Å². The molecule has 1 aliphatic rings. The largest absolute Gasteiger partial charge is 0.385 e. The lowest BCUT2D eigenvalue weighted by Crippen LogP contribution is -2.49. The Labute approximate surface area is 62.2 Å². The molecular weight excluding hydrogens is 128 g/mol. The van der Waals surface area contributed by atoms with E-state index in [1.165, 1.54) is 0 Å². The van der Waals surface area contributed by atoms with Crippen LogP contribution in [0.3, 0.4) is 0 Å². The van der Waals surface area contributed by atoms with E-state index < -0.39 is 5.60 Å². The van der Waals surface area contributed by atoms with Gasteiger partial charge in [0.2, 0.25) is 0 Å². The highest BCUT2D eigenvalue weighted by atomic mass is 16.5. The average Bonchev–Trinajstić information content (AvgIpc) is 1.79. The summed E-state index contributed by atoms with van der Waals surface area (Å²) in [7, 11) is 0. The minimum Gasteiger partial charge on any atom is -0.385 e. The van der Waals surface area contributed by atoms with Gasteiger partial charge in [0, 0.05) is 0 Å². The van der Waals surface area contributed by atoms with E-state index in [-0.39, 0.29) is 0 Å². The van der Waals surface area contributed by atoms with Crippen molar-refractivity contribution >= 4 is 0 Å². The predicted molar refractivity (Wildman–Crippen MR) is 39.8 cm³/mol. The zero-order valence-corrected chi connectivity index (χ0v) is 6.76. The summed E-state index contributed by atoms with van der Waals surface area (Å²) in [4.78, 5) is 0. The first kappa shape index (κ1) is 8.02. The topological polar surface area (TPSA) is 29.5 Å². The van der Waals surface area contributed by atoms with E-state index in [1.807, 2.05) is 0 Å². The molecule has 2 heteroatoms. The predicted octanol–water partition coefficient (Wildman–Crippen LogP) is 1.18. The minimum absolute atomic E-state index is 0.468. The van der Waals surface area contributed by atoms with Crippen LogP contribution in [0.4, 0.5) is 0 Å². The fourth-order valence-electron chi connectivity index (χ4n) is 1.04. The molecule has 1 fully saturated rings. The summed E-state index contributed by atoms with van der Waals surface area (Å²) in [6.07, 6.45) is 1.99. The lowest BCUT2D eigenvalue weighted by Gasteiger charge is -2.36. The van der Waals surface area contributed by atoms with E-state index in [9.17, 15) is 5.11 Å². The first-order valence-corrected chi connectivity index (χ1v) is 3.92. The second-order valence-electron chi connectivity index (χ2n) is 3.65. The third-order valence-electron chi connectivity index (χ3n) is 1.93. The van der Waals surface area contributed by atoms with Crippen molar-refractivity contribution in [1.29, 1.82) is 0 Å². The third kappa shape index (κ3) is 1.96. The van der Waals surface area contributed by atoms with Crippen LogP contribution in [0, 0.1) is 5.92 Å². The molecule has 2 nitrogen and oxygen atoms in total. The van der Waals surface area contributed by atoms with Crippen LogP contribution < -0.4 is 0 Å². The zero-order valence-electron chi connectivity index (χ0n) is 6.76. The molecule has 0 aliphatic carbocycles. The van der Waals surface area contributed by atoms with Gasteiger partial charge in [-0.1, -0.05) is 13.8 Å². The van der Waals surface area contributed by atoms with Gasteiger partial charge in [-0.2, -0.15) is 0 Å². The second-order valence-corrected chi connectivity index (χ2v) is 3.65. The van der Waals surface area contributed by atoms with Crippen LogP contribution in [0.2, 0.25) is 0 Å². The van der Waals surface area contributed by atoms with E-state index in [4.69, 9.17) is 4.74 Å². The van der Waals surface area contributed by atoms with Gasteiger partial charge < -0.3 is 9.84 Å². The van der Waals surface area contributed by atoms with Crippen molar-refractivity contribution in [2.75, 3.05) is 13.2 Å². The number of aliphatic hydroxyl groups is 1. The van der Waals surface area contributed by atoms with Crippen molar-refractivity contribution in [3.05, 3.63) is 0 Å². The van der Waals surface area contributed by atoms with E-state index >= 15 is 0 Å². The van der Waals surface area contributed by atoms with Gasteiger partial charge in [0.1, 0.15) is 5.60 Å². The second kappa shape index (κ2) is 2.89. The van der Waals surface area contributed by atoms with Crippen molar-refractivity contribution in [3.8, 4) is 0 Å². The lowest BCUT2D eigenvalue weighted by atomic mass is 9.92. The molecule has 0 aromatic heterocycles. The Bertz CT molecular complexity index is 106. The Morgan fingerprint density at radius 1 is 1.50 bits per heavy atom. The first-order valence-electron chi connectivity index (χ1n) is 3.92. The van der Waals surface area contributed by atoms with Crippen LogP contribution in [0.25, 0.3) is 0 Å². The molecule has 0 atom stereocenters. The molecule has 0 aromatic carbocycles. The highest BCUT2D eigenvalue weighted by molar-refractivity contribution is 4.84. The smallest absolute Gasteiger partial charge is 0.111 e. The minimum atomic E-state index is -0.468. The van der Waals surface area contributed by atoms with Gasteiger partial charge in [-0.3, -0.25) is 0 Å². The molecule has 0 saturated carbocycles. The summed E-state index contributed by atoms with van der Waals surface area (Å²) >= 11 is 0. The highest BCUT2D eigenvalue weighted by Crippen LogP contribution is 2.24. The molecule has 0 amide bonds. The Morgan fingerprint density at radius 3 is 2.40 bits per heavy atom. The van der Waals surface area contributed by atoms with Crippen molar-refractivity contribution in [1.82, 2.24) is 0 Å². The molecule has 1 rings (SSSR count). The number of ether oxygens (including phenoxy) is 1. The molecule has 1 heterocycles. The summed E-state index contributed by atoms with van der Waals surface area (Å²) in [5, 5.41) is 9.53. The third-order valence-corrected chi connectivity index (χ3v) is 1.93. The maximum Gasteiger partial charge on any atom is 0.111 e. The standard InChI is InChI=1S/C8H16O2/c1-7(2)3-4-8(9)5-10-6-8/h7,9H,3-6H2,1-2H3. The molecule has 1 N–H and O–H groups in total. The summed E-state index contributed by atoms with van der Waals surface area (Å²) in [6, 6.07) is 0. The van der Waals surface area contributed by atoms with Crippen molar-refractivity contribution in [3.63, 3.8) is 0 Å². The molecule has 1 saturated heterocycles. The Hall–Kier alpha value is -0.0800. The quantitative estimate of drug-likeness (QED) is 0.644. The van der Waals surface area contributed by atoms with Gasteiger partial charge >= 0.3 is 0 Å². The van der Waals surface area contributed by atoms with E-state index in [2.05, 4.69) is 13.8 Å². The van der Waals surface area contributed by atoms with E-state index in [0.717, 1.165) is 12.8 Å². The molecule has 0 unspecified atom stereocenters. The molecule has 0 spiro atoms. The summed E-state index contributed by atoms with van der Waals surface area (Å²) in [6.45, 7) is 5.42. The fraction of sp³-hybridized carbons (Fsp3) is 1.00. The van der Waals surface area contributed by atoms with Crippen LogP contribution in [0.5, 0.6) is 0 Å². The van der Waals surface area contributed by atoms with Crippen LogP contribution in [-0.4, -0.2) is 23.9 Å². The average molecular weight is 144 g/mol. The van der Waals surface area contributed by atoms with Crippen LogP contribution in [-0.2, 0) is 4.74 Å². The highest BCUT2D eigenvalue weighted by Gasteiger charge is 2.35. The molecule has 0 radical (unpaired) electrons. The maximum absolute atomic E-state index is 9.53. The summed E-state index contributed by atoms with van der Waals surface area (Å²) in [5.74, 6) is 0.685. The van der Waals surface area contributed by atoms with E-state index in [0.29, 0.717) is 19.1 Å². The van der Waals surface area contributed by atoms with E-state index in [1.54, 1.807) is 0 Å². The molecular formula is C8H16O2. The molecule has 0 bridgehead atoms. The van der Waals surface area contributed by atoms with Crippen LogP contribution >= 0.6 is 0 Å². The first-order chi connectivity index (χ1) is 4.62. The Morgan fingerprint density at radius 2 is 2.10 bits per heavy atom. The van der Waals surface area contributed by atoms with Gasteiger partial charge in [-0.15, -0.1) is 0 Å². The van der Waals surface area contributed by atoms with Crippen molar-refractivity contribution < 1.29 is 9.84 Å². The summed E-state index contributed by atoms with van der Waals surface area (Å²) < 4.78 is 4.92. The lowest BCUT2D eigenvalue weighted by molar-refractivity contribution is -0.182. The number of rotatable bonds is 3. The van der Waals surface area contributed by atoms with Crippen molar-refractivity contribution in [2.45, 2.75) is 32.3 Å². The molecule has 0 aromatic rings. The molecule has 10 heavy (non-hydrogen) atoms. The van der Waals surface area contributed by atoms with Gasteiger partial charge in [-0.25, -0.2) is 0 Å². The SMILES string of the molecule is CC(C)CCC1(O)COC1. The van der Waals surface area contributed by atoms with Gasteiger partial charge in [0.15, 0.2) is 0 Å². The maximum atomic E-state index is 9.53. The monoisotopic (exact) mass is 144 g/mol. The fourth-order valence-corrected chi connectivity index (χ4v) is 1.04. The van der Waals surface area contributed by atoms with Crippen LogP contribution in [0.1, 0.15) is 26.7 Å². The van der Waals surface area contributed by atoms with Crippen molar-refractivity contribution in [2.24, 2.45) is 5.92 Å². The molecule has 1 aliphatic heterocycles. The normalized spacial score (nSPS) is 22.8. The van der Waals surface area contributed by atoms with Gasteiger partial charge in [0.05, 0.1) is 13.2 Å². The molecule has 60 valence electrons. The Kier molecular flexibility index (Phi) is 2.32. The van der Waals surface area contributed by atoms with Gasteiger partial charge in [0.25, 0.3) is 0 Å².